The van der Waals surface area contributed by atoms with E-state index in [1.54, 1.807) is 4.57 Å². The van der Waals surface area contributed by atoms with Crippen molar-refractivity contribution in [2.75, 3.05) is 0 Å². The van der Waals surface area contributed by atoms with Crippen molar-refractivity contribution in [2.45, 2.75) is 12.6 Å². The number of aromatic nitrogens is 2. The fourth-order valence-electron chi connectivity index (χ4n) is 3.75. The highest BCUT2D eigenvalue weighted by Crippen LogP contribution is 2.34. The van der Waals surface area contributed by atoms with Crippen LogP contribution in [0.3, 0.4) is 0 Å². The van der Waals surface area contributed by atoms with Crippen molar-refractivity contribution in [2.24, 2.45) is 4.99 Å². The molecule has 0 saturated carbocycles. The second-order valence-electron chi connectivity index (χ2n) is 6.81. The van der Waals surface area contributed by atoms with Crippen molar-refractivity contribution in [1.82, 2.24) is 9.55 Å². The van der Waals surface area contributed by atoms with E-state index in [0.717, 1.165) is 16.8 Å². The van der Waals surface area contributed by atoms with Crippen LogP contribution in [-0.4, -0.2) is 15.3 Å². The molecule has 0 radical (unpaired) electrons. The minimum Gasteiger partial charge on any atom is -0.268 e. The molecule has 3 aromatic carbocycles. The second kappa shape index (κ2) is 5.74. The Hall–Kier alpha value is -3.53. The number of para-hydroxylation sites is 1. The highest BCUT2D eigenvalue weighted by Gasteiger charge is 2.39. The van der Waals surface area contributed by atoms with E-state index in [4.69, 9.17) is 9.98 Å². The average Bonchev–Trinajstić information content (AvgIpc) is 3.04. The molecule has 4 nitrogen and oxygen atoms in total. The van der Waals surface area contributed by atoms with Crippen molar-refractivity contribution in [3.8, 4) is 0 Å². The summed E-state index contributed by atoms with van der Waals surface area (Å²) in [6, 6.07) is 27.3. The quantitative estimate of drug-likeness (QED) is 0.549. The topological polar surface area (TPSA) is 47.2 Å². The molecule has 0 spiro atoms. The molecule has 2 heterocycles. The molecule has 1 aliphatic heterocycles. The van der Waals surface area contributed by atoms with Gasteiger partial charge in [0.2, 0.25) is 0 Å². The van der Waals surface area contributed by atoms with Gasteiger partial charge in [0.25, 0.3) is 5.56 Å². The fraction of sp³-hybridized carbons (Fsp3) is 0.0870. The molecule has 27 heavy (non-hydrogen) atoms. The highest BCUT2D eigenvalue weighted by molar-refractivity contribution is 6.12. The second-order valence-corrected chi connectivity index (χ2v) is 6.81. The zero-order valence-corrected chi connectivity index (χ0v) is 14.8. The van der Waals surface area contributed by atoms with Crippen LogP contribution in [0, 0.1) is 0 Å². The van der Waals surface area contributed by atoms with Crippen LogP contribution in [0.25, 0.3) is 10.9 Å². The molecule has 0 bridgehead atoms. The monoisotopic (exact) mass is 351 g/mol. The predicted molar refractivity (Wildman–Crippen MR) is 107 cm³/mol. The Bertz CT molecular complexity index is 1240. The molecule has 0 aliphatic carbocycles. The van der Waals surface area contributed by atoms with E-state index < -0.39 is 5.66 Å². The first-order valence-corrected chi connectivity index (χ1v) is 8.92. The molecule has 4 aromatic rings. The summed E-state index contributed by atoms with van der Waals surface area (Å²) in [4.78, 5) is 23.3. The maximum absolute atomic E-state index is 13.4. The minimum atomic E-state index is -0.837. The van der Waals surface area contributed by atoms with Crippen LogP contribution in [-0.2, 0) is 5.66 Å². The average molecular weight is 351 g/mol. The van der Waals surface area contributed by atoms with Crippen molar-refractivity contribution >= 4 is 16.6 Å². The molecule has 0 N–H and O–H groups in total. The third-order valence-electron chi connectivity index (χ3n) is 5.12. The van der Waals surface area contributed by atoms with E-state index in [2.05, 4.69) is 0 Å². The van der Waals surface area contributed by atoms with Crippen LogP contribution < -0.4 is 5.56 Å². The Morgan fingerprint density at radius 1 is 0.815 bits per heavy atom. The van der Waals surface area contributed by atoms with Crippen LogP contribution in [0.1, 0.15) is 23.9 Å². The molecule has 1 aromatic heterocycles. The molecule has 1 unspecified atom stereocenters. The first-order valence-electron chi connectivity index (χ1n) is 8.92. The molecular formula is C23H17N3O. The van der Waals surface area contributed by atoms with Crippen molar-refractivity contribution in [3.05, 3.63) is 112 Å². The van der Waals surface area contributed by atoms with Crippen LogP contribution in [0.5, 0.6) is 0 Å². The van der Waals surface area contributed by atoms with Crippen molar-refractivity contribution in [3.63, 3.8) is 0 Å². The summed E-state index contributed by atoms with van der Waals surface area (Å²) >= 11 is 0. The number of benzene rings is 3. The first-order chi connectivity index (χ1) is 13.2. The molecule has 0 fully saturated rings. The van der Waals surface area contributed by atoms with Gasteiger partial charge < -0.3 is 0 Å². The van der Waals surface area contributed by atoms with Gasteiger partial charge in [0.05, 0.1) is 10.9 Å². The number of rotatable bonds is 2. The lowest BCUT2D eigenvalue weighted by molar-refractivity contribution is 0.415. The largest absolute Gasteiger partial charge is 0.268 e. The van der Waals surface area contributed by atoms with Gasteiger partial charge in [-0.15, -0.1) is 0 Å². The van der Waals surface area contributed by atoms with Crippen LogP contribution in [0.15, 0.2) is 94.7 Å². The summed E-state index contributed by atoms with van der Waals surface area (Å²) in [6.07, 6.45) is 0. The van der Waals surface area contributed by atoms with E-state index in [1.807, 2.05) is 91.9 Å². The Balaban J connectivity index is 1.90. The lowest BCUT2D eigenvalue weighted by Crippen LogP contribution is -2.37. The normalized spacial score (nSPS) is 18.3. The summed E-state index contributed by atoms with van der Waals surface area (Å²) in [7, 11) is 0. The van der Waals surface area contributed by atoms with E-state index in [9.17, 15) is 4.79 Å². The molecular weight excluding hydrogens is 334 g/mol. The van der Waals surface area contributed by atoms with E-state index >= 15 is 0 Å². The van der Waals surface area contributed by atoms with Crippen LogP contribution in [0.4, 0.5) is 0 Å². The van der Waals surface area contributed by atoms with Gasteiger partial charge in [-0.05, 0) is 24.6 Å². The molecule has 1 atom stereocenters. The number of hydrogen-bond acceptors (Lipinski definition) is 3. The number of aliphatic imine (C=N–C) groups is 1. The third kappa shape index (κ3) is 2.27. The summed E-state index contributed by atoms with van der Waals surface area (Å²) < 4.78 is 1.73. The summed E-state index contributed by atoms with van der Waals surface area (Å²) in [5.41, 5.74) is 2.43. The first kappa shape index (κ1) is 15.7. The lowest BCUT2D eigenvalue weighted by Gasteiger charge is -2.25. The van der Waals surface area contributed by atoms with Gasteiger partial charge in [-0.2, -0.15) is 0 Å². The van der Waals surface area contributed by atoms with Gasteiger partial charge in [-0.3, -0.25) is 9.36 Å². The van der Waals surface area contributed by atoms with Crippen LogP contribution >= 0.6 is 0 Å². The van der Waals surface area contributed by atoms with E-state index in [1.165, 1.54) is 0 Å². The van der Waals surface area contributed by atoms with E-state index in [-0.39, 0.29) is 5.56 Å². The van der Waals surface area contributed by atoms with Gasteiger partial charge in [-0.25, -0.2) is 9.98 Å². The maximum atomic E-state index is 13.4. The number of fused-ring (bicyclic) bond motifs is 2. The standard InChI is InChI=1S/C23H17N3O/c1-23(17-12-6-3-7-13-17)25-20(16-10-4-2-5-11-16)21-24-19-15-9-8-14-18(19)22(27)26(21)23/h2-15H,1H3. The summed E-state index contributed by atoms with van der Waals surface area (Å²) in [5, 5.41) is 0.605. The van der Waals surface area contributed by atoms with Crippen molar-refractivity contribution < 1.29 is 0 Å². The molecule has 0 saturated heterocycles. The van der Waals surface area contributed by atoms with Gasteiger partial charge in [0.1, 0.15) is 5.71 Å². The minimum absolute atomic E-state index is 0.0726. The number of nitrogens with zero attached hydrogens (tertiary/aromatic N) is 3. The Kier molecular flexibility index (Phi) is 3.34. The Morgan fingerprint density at radius 2 is 1.44 bits per heavy atom. The predicted octanol–water partition coefficient (Wildman–Crippen LogP) is 3.97. The van der Waals surface area contributed by atoms with Crippen molar-refractivity contribution in [1.29, 1.82) is 0 Å². The molecule has 0 amide bonds. The SMILES string of the molecule is CC1(c2ccccc2)N=C(c2ccccc2)c2nc3ccccc3c(=O)n21. The molecule has 4 heteroatoms. The molecule has 1 aliphatic rings. The molecule has 5 rings (SSSR count). The Morgan fingerprint density at radius 3 is 2.19 bits per heavy atom. The zero-order chi connectivity index (χ0) is 18.4. The molecule has 130 valence electrons. The zero-order valence-electron chi connectivity index (χ0n) is 14.8. The smallest absolute Gasteiger partial charge is 0.263 e. The number of hydrogen-bond donors (Lipinski definition) is 0. The van der Waals surface area contributed by atoms with Gasteiger partial charge in [0, 0.05) is 5.56 Å². The van der Waals surface area contributed by atoms with Crippen LogP contribution in [0.2, 0.25) is 0 Å². The summed E-state index contributed by atoms with van der Waals surface area (Å²) in [6.45, 7) is 1.97. The lowest BCUT2D eigenvalue weighted by atomic mass is 10.0. The maximum Gasteiger partial charge on any atom is 0.263 e. The van der Waals surface area contributed by atoms with E-state index in [0.29, 0.717) is 16.7 Å². The highest BCUT2D eigenvalue weighted by atomic mass is 16.1. The van der Waals surface area contributed by atoms with Gasteiger partial charge in [0.15, 0.2) is 11.5 Å². The third-order valence-corrected chi connectivity index (χ3v) is 5.12. The van der Waals surface area contributed by atoms with Gasteiger partial charge in [-0.1, -0.05) is 72.8 Å². The summed E-state index contributed by atoms with van der Waals surface area (Å²) in [5.74, 6) is 0.608. The fourth-order valence-corrected chi connectivity index (χ4v) is 3.75. The van der Waals surface area contributed by atoms with Gasteiger partial charge >= 0.3 is 0 Å². The Labute approximate surface area is 156 Å².